The summed E-state index contributed by atoms with van der Waals surface area (Å²) in [6.07, 6.45) is 10.0. The van der Waals surface area contributed by atoms with Gasteiger partial charge in [-0.05, 0) is 68.1 Å². The molecule has 4 bridgehead atoms. The van der Waals surface area contributed by atoms with Gasteiger partial charge in [0.15, 0.2) is 11.1 Å². The van der Waals surface area contributed by atoms with Crippen molar-refractivity contribution in [3.63, 3.8) is 0 Å². The van der Waals surface area contributed by atoms with Gasteiger partial charge in [-0.25, -0.2) is 0 Å². The van der Waals surface area contributed by atoms with Gasteiger partial charge in [-0.2, -0.15) is 4.99 Å². The summed E-state index contributed by atoms with van der Waals surface area (Å²) in [5, 5.41) is 7.93. The summed E-state index contributed by atoms with van der Waals surface area (Å²) in [7, 11) is 0. The van der Waals surface area contributed by atoms with Gasteiger partial charge in [-0.3, -0.25) is 5.41 Å². The number of rotatable bonds is 3. The normalized spacial score (nSPS) is 39.3. The van der Waals surface area contributed by atoms with Crippen LogP contribution in [0.1, 0.15) is 44.9 Å². The molecule has 0 aliphatic heterocycles. The van der Waals surface area contributed by atoms with E-state index in [9.17, 15) is 0 Å². The second-order valence-corrected chi connectivity index (χ2v) is 7.94. The van der Waals surface area contributed by atoms with Crippen LogP contribution < -0.4 is 11.5 Å². The Morgan fingerprint density at radius 2 is 1.63 bits per heavy atom. The van der Waals surface area contributed by atoms with Crippen LogP contribution in [-0.2, 0) is 0 Å². The van der Waals surface area contributed by atoms with Gasteiger partial charge >= 0.3 is 0 Å². The van der Waals surface area contributed by atoms with E-state index in [1.165, 1.54) is 56.7 Å². The Balaban J connectivity index is 1.53. The lowest BCUT2D eigenvalue weighted by Crippen LogP contribution is -2.46. The maximum Gasteiger partial charge on any atom is 0.193 e. The molecule has 106 valence electrons. The van der Waals surface area contributed by atoms with Crippen molar-refractivity contribution < 1.29 is 0 Å². The van der Waals surface area contributed by atoms with E-state index in [0.717, 1.165) is 23.5 Å². The molecule has 0 aromatic heterocycles. The molecule has 5 heteroatoms. The predicted octanol–water partition coefficient (Wildman–Crippen LogP) is 2.53. The molecule has 0 atom stereocenters. The van der Waals surface area contributed by atoms with Crippen LogP contribution in [0.15, 0.2) is 4.99 Å². The molecule has 0 aromatic carbocycles. The Kier molecular flexibility index (Phi) is 3.50. The molecule has 4 rings (SSSR count). The van der Waals surface area contributed by atoms with E-state index in [2.05, 4.69) is 4.99 Å². The van der Waals surface area contributed by atoms with Gasteiger partial charge in [-0.1, -0.05) is 11.8 Å². The smallest absolute Gasteiger partial charge is 0.193 e. The summed E-state index contributed by atoms with van der Waals surface area (Å²) in [6, 6.07) is 0. The molecule has 4 aliphatic rings. The second-order valence-electron chi connectivity index (χ2n) is 6.86. The van der Waals surface area contributed by atoms with Gasteiger partial charge in [0, 0.05) is 5.75 Å². The first kappa shape index (κ1) is 13.3. The van der Waals surface area contributed by atoms with Crippen LogP contribution in [0.25, 0.3) is 0 Å². The van der Waals surface area contributed by atoms with Gasteiger partial charge in [-0.15, -0.1) is 0 Å². The lowest BCUT2D eigenvalue weighted by molar-refractivity contribution is -0.0538. The number of nitrogens with one attached hydrogen (secondary N) is 1. The van der Waals surface area contributed by atoms with Gasteiger partial charge in [0.05, 0.1) is 0 Å². The van der Waals surface area contributed by atoms with Crippen molar-refractivity contribution in [3.8, 4) is 0 Å². The minimum atomic E-state index is -0.00713. The lowest BCUT2D eigenvalue weighted by atomic mass is 9.49. The SMILES string of the molecule is N=C(N=C(N)N)SCCC12CC3CC(CC(C3)C1)C2. The molecule has 4 saturated carbocycles. The lowest BCUT2D eigenvalue weighted by Gasteiger charge is -2.57. The molecule has 5 N–H and O–H groups in total. The molecular formula is C14H24N4S. The van der Waals surface area contributed by atoms with Crippen LogP contribution in [0.2, 0.25) is 0 Å². The van der Waals surface area contributed by atoms with Gasteiger partial charge in [0.25, 0.3) is 0 Å². The van der Waals surface area contributed by atoms with Crippen LogP contribution in [0.3, 0.4) is 0 Å². The van der Waals surface area contributed by atoms with Crippen molar-refractivity contribution in [2.45, 2.75) is 44.9 Å². The molecule has 19 heavy (non-hydrogen) atoms. The van der Waals surface area contributed by atoms with Crippen LogP contribution in [0, 0.1) is 28.6 Å². The Morgan fingerprint density at radius 1 is 1.11 bits per heavy atom. The average molecular weight is 280 g/mol. The Hall–Kier alpha value is -0.710. The predicted molar refractivity (Wildman–Crippen MR) is 81.2 cm³/mol. The minimum Gasteiger partial charge on any atom is -0.370 e. The Bertz CT molecular complexity index is 365. The van der Waals surface area contributed by atoms with E-state index >= 15 is 0 Å². The van der Waals surface area contributed by atoms with Gasteiger partial charge < -0.3 is 11.5 Å². The van der Waals surface area contributed by atoms with Crippen molar-refractivity contribution >= 4 is 22.9 Å². The molecule has 0 aromatic rings. The third-order valence-electron chi connectivity index (χ3n) is 5.27. The zero-order valence-electron chi connectivity index (χ0n) is 11.4. The minimum absolute atomic E-state index is 0.00713. The summed E-state index contributed by atoms with van der Waals surface area (Å²) in [6.45, 7) is 0. The highest BCUT2D eigenvalue weighted by Gasteiger charge is 2.50. The number of hydrogen-bond acceptors (Lipinski definition) is 2. The Morgan fingerprint density at radius 3 is 2.11 bits per heavy atom. The fourth-order valence-corrected chi connectivity index (χ4v) is 6.01. The number of nitrogens with two attached hydrogens (primary N) is 2. The number of aliphatic imine (C=N–C) groups is 1. The van der Waals surface area contributed by atoms with E-state index in [4.69, 9.17) is 16.9 Å². The third kappa shape index (κ3) is 2.91. The van der Waals surface area contributed by atoms with Crippen LogP contribution in [-0.4, -0.2) is 16.9 Å². The highest BCUT2D eigenvalue weighted by molar-refractivity contribution is 8.13. The van der Waals surface area contributed by atoms with Crippen molar-refractivity contribution in [1.29, 1.82) is 5.41 Å². The molecule has 4 nitrogen and oxygen atoms in total. The first-order valence-corrected chi connectivity index (χ1v) is 8.34. The van der Waals surface area contributed by atoms with Crippen molar-refractivity contribution in [1.82, 2.24) is 0 Å². The fraction of sp³-hybridized carbons (Fsp3) is 0.857. The van der Waals surface area contributed by atoms with Crippen molar-refractivity contribution in [2.24, 2.45) is 39.6 Å². The molecule has 0 saturated heterocycles. The highest BCUT2D eigenvalue weighted by Crippen LogP contribution is 2.61. The largest absolute Gasteiger partial charge is 0.370 e. The maximum atomic E-state index is 7.67. The zero-order valence-corrected chi connectivity index (χ0v) is 12.2. The third-order valence-corrected chi connectivity index (χ3v) is 6.04. The van der Waals surface area contributed by atoms with E-state index in [1.807, 2.05) is 0 Å². The van der Waals surface area contributed by atoms with Crippen molar-refractivity contribution in [3.05, 3.63) is 0 Å². The topological polar surface area (TPSA) is 88.2 Å². The van der Waals surface area contributed by atoms with Gasteiger partial charge in [0.1, 0.15) is 0 Å². The van der Waals surface area contributed by atoms with E-state index < -0.39 is 0 Å². The summed E-state index contributed by atoms with van der Waals surface area (Å²) < 4.78 is 0. The summed E-state index contributed by atoms with van der Waals surface area (Å²) in [5.74, 6) is 4.00. The quantitative estimate of drug-likeness (QED) is 0.548. The van der Waals surface area contributed by atoms with Crippen molar-refractivity contribution in [2.75, 3.05) is 5.75 Å². The number of hydrogen-bond donors (Lipinski definition) is 3. The number of guanidine groups is 1. The monoisotopic (exact) mass is 280 g/mol. The zero-order chi connectivity index (χ0) is 13.5. The summed E-state index contributed by atoms with van der Waals surface area (Å²) in [4.78, 5) is 3.78. The molecular weight excluding hydrogens is 256 g/mol. The molecule has 4 aliphatic carbocycles. The molecule has 0 unspecified atom stereocenters. The molecule has 4 fully saturated rings. The summed E-state index contributed by atoms with van der Waals surface area (Å²) >= 11 is 1.49. The van der Waals surface area contributed by atoms with E-state index in [1.54, 1.807) is 0 Å². The molecule has 0 spiro atoms. The Labute approximate surface area is 119 Å². The first-order chi connectivity index (χ1) is 9.05. The molecule has 0 radical (unpaired) electrons. The second kappa shape index (κ2) is 5.00. The average Bonchev–Trinajstić information content (AvgIpc) is 2.25. The standard InChI is InChI=1S/C14H24N4S/c15-12(16)18-13(17)19-2-1-14-6-9-3-10(7-14)5-11(4-9)8-14/h9-11H,1-8H2,(H5,15,16,17,18). The number of thioether (sulfide) groups is 1. The number of amidine groups is 1. The van der Waals surface area contributed by atoms with Crippen LogP contribution in [0.4, 0.5) is 0 Å². The van der Waals surface area contributed by atoms with E-state index in [-0.39, 0.29) is 11.1 Å². The highest BCUT2D eigenvalue weighted by atomic mass is 32.2. The number of nitrogens with zero attached hydrogens (tertiary/aromatic N) is 1. The fourth-order valence-electron chi connectivity index (χ4n) is 5.11. The molecule has 0 heterocycles. The van der Waals surface area contributed by atoms with Gasteiger partial charge in [0.2, 0.25) is 0 Å². The summed E-state index contributed by atoms with van der Waals surface area (Å²) in [5.41, 5.74) is 11.2. The van der Waals surface area contributed by atoms with E-state index in [0.29, 0.717) is 5.41 Å². The first-order valence-electron chi connectivity index (χ1n) is 7.36. The maximum absolute atomic E-state index is 7.67. The van der Waals surface area contributed by atoms with Crippen LogP contribution >= 0.6 is 11.8 Å². The molecule has 0 amide bonds. The van der Waals surface area contributed by atoms with Crippen LogP contribution in [0.5, 0.6) is 0 Å².